The first-order valence-corrected chi connectivity index (χ1v) is 8.93. The van der Waals surface area contributed by atoms with E-state index in [4.69, 9.17) is 0 Å². The van der Waals surface area contributed by atoms with Crippen LogP contribution in [-0.2, 0) is 0 Å². The van der Waals surface area contributed by atoms with Crippen molar-refractivity contribution in [3.8, 4) is 5.75 Å². The molecule has 1 amide bonds. The fourth-order valence-corrected chi connectivity index (χ4v) is 3.83. The third kappa shape index (κ3) is 4.05. The first-order chi connectivity index (χ1) is 11.1. The largest absolute Gasteiger partial charge is 0.507 e. The van der Waals surface area contributed by atoms with E-state index in [1.807, 2.05) is 11.0 Å². The van der Waals surface area contributed by atoms with E-state index in [0.29, 0.717) is 11.5 Å². The highest BCUT2D eigenvalue weighted by molar-refractivity contribution is 5.96. The molecule has 2 saturated heterocycles. The number of likely N-dealkylation sites (tertiary alicyclic amines) is 2. The van der Waals surface area contributed by atoms with Crippen LogP contribution in [0, 0.1) is 11.8 Å². The van der Waals surface area contributed by atoms with Gasteiger partial charge in [-0.15, -0.1) is 0 Å². The zero-order valence-corrected chi connectivity index (χ0v) is 14.1. The van der Waals surface area contributed by atoms with Gasteiger partial charge >= 0.3 is 0 Å². The molecule has 2 fully saturated rings. The standard InChI is InChI=1S/C19H28N2O2/c1-15-8-11-20(12-9-15)13-16-5-4-10-21(14-16)19(23)17-6-2-3-7-18(17)22/h2-3,6-7,15-16,22H,4-5,8-14H2,1H3. The topological polar surface area (TPSA) is 43.8 Å². The van der Waals surface area contributed by atoms with E-state index in [-0.39, 0.29) is 11.7 Å². The number of amides is 1. The van der Waals surface area contributed by atoms with Crippen LogP contribution in [0.2, 0.25) is 0 Å². The second-order valence-corrected chi connectivity index (χ2v) is 7.26. The molecule has 1 aromatic carbocycles. The Labute approximate surface area is 139 Å². The summed E-state index contributed by atoms with van der Waals surface area (Å²) in [5.41, 5.74) is 0.431. The minimum Gasteiger partial charge on any atom is -0.507 e. The van der Waals surface area contributed by atoms with Gasteiger partial charge in [0.1, 0.15) is 5.75 Å². The van der Waals surface area contributed by atoms with E-state index >= 15 is 0 Å². The summed E-state index contributed by atoms with van der Waals surface area (Å²) in [5.74, 6) is 1.48. The smallest absolute Gasteiger partial charge is 0.257 e. The number of hydrogen-bond acceptors (Lipinski definition) is 3. The molecule has 0 saturated carbocycles. The van der Waals surface area contributed by atoms with E-state index < -0.39 is 0 Å². The number of aromatic hydroxyl groups is 1. The van der Waals surface area contributed by atoms with Crippen LogP contribution in [0.3, 0.4) is 0 Å². The number of benzene rings is 1. The van der Waals surface area contributed by atoms with Crippen molar-refractivity contribution in [2.75, 3.05) is 32.7 Å². The molecule has 3 rings (SSSR count). The van der Waals surface area contributed by atoms with Gasteiger partial charge < -0.3 is 14.9 Å². The Balaban J connectivity index is 1.58. The molecule has 4 nitrogen and oxygen atoms in total. The summed E-state index contributed by atoms with van der Waals surface area (Å²) in [4.78, 5) is 17.1. The van der Waals surface area contributed by atoms with Gasteiger partial charge in [-0.3, -0.25) is 4.79 Å². The molecular formula is C19H28N2O2. The summed E-state index contributed by atoms with van der Waals surface area (Å²) in [7, 11) is 0. The molecule has 1 N–H and O–H groups in total. The fourth-order valence-electron chi connectivity index (χ4n) is 3.83. The van der Waals surface area contributed by atoms with Crippen LogP contribution < -0.4 is 0 Å². The van der Waals surface area contributed by atoms with Crippen LogP contribution >= 0.6 is 0 Å². The summed E-state index contributed by atoms with van der Waals surface area (Å²) < 4.78 is 0. The summed E-state index contributed by atoms with van der Waals surface area (Å²) in [6.07, 6.45) is 4.87. The van der Waals surface area contributed by atoms with Gasteiger partial charge in [0.05, 0.1) is 5.56 Å². The Morgan fingerprint density at radius 1 is 1.17 bits per heavy atom. The van der Waals surface area contributed by atoms with E-state index in [0.717, 1.165) is 32.0 Å². The number of carbonyl (C=O) groups excluding carboxylic acids is 1. The molecule has 23 heavy (non-hydrogen) atoms. The zero-order valence-electron chi connectivity index (χ0n) is 14.1. The molecule has 1 aromatic rings. The van der Waals surface area contributed by atoms with Gasteiger partial charge in [-0.05, 0) is 62.7 Å². The van der Waals surface area contributed by atoms with Crippen molar-refractivity contribution >= 4 is 5.91 Å². The number of phenolic OH excluding ortho intramolecular Hbond substituents is 1. The Hall–Kier alpha value is -1.55. The third-order valence-electron chi connectivity index (χ3n) is 5.33. The zero-order chi connectivity index (χ0) is 16.2. The number of rotatable bonds is 3. The number of phenols is 1. The summed E-state index contributed by atoms with van der Waals surface area (Å²) in [5, 5.41) is 9.91. The second-order valence-electron chi connectivity index (χ2n) is 7.26. The molecule has 1 unspecified atom stereocenters. The molecule has 0 radical (unpaired) electrons. The third-order valence-corrected chi connectivity index (χ3v) is 5.33. The molecule has 2 aliphatic heterocycles. The average Bonchev–Trinajstić information content (AvgIpc) is 2.57. The molecule has 2 heterocycles. The lowest BCUT2D eigenvalue weighted by Gasteiger charge is -2.38. The van der Waals surface area contributed by atoms with Crippen molar-refractivity contribution in [3.63, 3.8) is 0 Å². The van der Waals surface area contributed by atoms with Crippen LogP contribution in [0.15, 0.2) is 24.3 Å². The lowest BCUT2D eigenvalue weighted by Crippen LogP contribution is -2.45. The van der Waals surface area contributed by atoms with E-state index in [2.05, 4.69) is 11.8 Å². The summed E-state index contributed by atoms with van der Waals surface area (Å²) in [6, 6.07) is 6.86. The molecule has 0 spiro atoms. The highest BCUT2D eigenvalue weighted by atomic mass is 16.3. The first kappa shape index (κ1) is 16.3. The Morgan fingerprint density at radius 3 is 2.65 bits per heavy atom. The van der Waals surface area contributed by atoms with Crippen molar-refractivity contribution in [3.05, 3.63) is 29.8 Å². The quantitative estimate of drug-likeness (QED) is 0.932. The van der Waals surface area contributed by atoms with Crippen LogP contribution in [0.4, 0.5) is 0 Å². The number of nitrogens with zero attached hydrogens (tertiary/aromatic N) is 2. The van der Waals surface area contributed by atoms with Gasteiger partial charge in [-0.2, -0.15) is 0 Å². The Morgan fingerprint density at radius 2 is 1.91 bits per heavy atom. The predicted molar refractivity (Wildman–Crippen MR) is 91.6 cm³/mol. The van der Waals surface area contributed by atoms with Crippen LogP contribution in [0.25, 0.3) is 0 Å². The van der Waals surface area contributed by atoms with Crippen LogP contribution in [0.5, 0.6) is 5.75 Å². The summed E-state index contributed by atoms with van der Waals surface area (Å²) in [6.45, 7) is 7.47. The maximum Gasteiger partial charge on any atom is 0.257 e. The van der Waals surface area contributed by atoms with E-state index in [1.165, 1.54) is 32.4 Å². The molecular weight excluding hydrogens is 288 g/mol. The number of piperidine rings is 2. The lowest BCUT2D eigenvalue weighted by molar-refractivity contribution is 0.0619. The van der Waals surface area contributed by atoms with Gasteiger partial charge in [0.25, 0.3) is 5.91 Å². The highest BCUT2D eigenvalue weighted by Gasteiger charge is 2.27. The highest BCUT2D eigenvalue weighted by Crippen LogP contribution is 2.24. The van der Waals surface area contributed by atoms with Gasteiger partial charge in [0.15, 0.2) is 0 Å². The molecule has 1 atom stereocenters. The molecule has 126 valence electrons. The maximum absolute atomic E-state index is 12.7. The second kappa shape index (κ2) is 7.35. The van der Waals surface area contributed by atoms with Gasteiger partial charge in [-0.1, -0.05) is 19.1 Å². The molecule has 2 aliphatic rings. The van der Waals surface area contributed by atoms with E-state index in [1.54, 1.807) is 18.2 Å². The van der Waals surface area contributed by atoms with E-state index in [9.17, 15) is 9.90 Å². The lowest BCUT2D eigenvalue weighted by atomic mass is 9.94. The minimum atomic E-state index is -0.0277. The monoisotopic (exact) mass is 316 g/mol. The SMILES string of the molecule is CC1CCN(CC2CCCN(C(=O)c3ccccc3O)C2)CC1. The minimum absolute atomic E-state index is 0.0277. The number of carbonyl (C=O) groups is 1. The van der Waals surface area contributed by atoms with Crippen molar-refractivity contribution in [2.45, 2.75) is 32.6 Å². The maximum atomic E-state index is 12.7. The van der Waals surface area contributed by atoms with Gasteiger partial charge in [0, 0.05) is 19.6 Å². The molecule has 0 aromatic heterocycles. The van der Waals surface area contributed by atoms with Crippen LogP contribution in [-0.4, -0.2) is 53.5 Å². The normalized spacial score (nSPS) is 23.9. The van der Waals surface area contributed by atoms with Gasteiger partial charge in [-0.25, -0.2) is 0 Å². The van der Waals surface area contributed by atoms with Crippen molar-refractivity contribution in [1.29, 1.82) is 0 Å². The first-order valence-electron chi connectivity index (χ1n) is 8.93. The Bertz CT molecular complexity index is 538. The average molecular weight is 316 g/mol. The van der Waals surface area contributed by atoms with Gasteiger partial charge in [0.2, 0.25) is 0 Å². The van der Waals surface area contributed by atoms with Crippen molar-refractivity contribution in [1.82, 2.24) is 9.80 Å². The van der Waals surface area contributed by atoms with Crippen molar-refractivity contribution in [2.24, 2.45) is 11.8 Å². The molecule has 0 bridgehead atoms. The number of para-hydroxylation sites is 1. The number of hydrogen-bond donors (Lipinski definition) is 1. The molecule has 0 aliphatic carbocycles. The molecule has 4 heteroatoms. The van der Waals surface area contributed by atoms with Crippen LogP contribution in [0.1, 0.15) is 43.0 Å². The fraction of sp³-hybridized carbons (Fsp3) is 0.632. The summed E-state index contributed by atoms with van der Waals surface area (Å²) >= 11 is 0. The predicted octanol–water partition coefficient (Wildman–Crippen LogP) is 2.98. The Kier molecular flexibility index (Phi) is 5.21. The van der Waals surface area contributed by atoms with Crippen molar-refractivity contribution < 1.29 is 9.90 Å².